The van der Waals surface area contributed by atoms with Gasteiger partial charge in [0.15, 0.2) is 0 Å². The number of hydrogen-bond donors (Lipinski definition) is 1. The van der Waals surface area contributed by atoms with Crippen molar-refractivity contribution in [1.29, 1.82) is 0 Å². The van der Waals surface area contributed by atoms with E-state index in [1.54, 1.807) is 0 Å². The van der Waals surface area contributed by atoms with Gasteiger partial charge in [0, 0.05) is 24.2 Å². The number of nitro groups is 1. The van der Waals surface area contributed by atoms with Crippen LogP contribution in [0.2, 0.25) is 0 Å². The smallest absolute Gasteiger partial charge is 0.303 e. The predicted molar refractivity (Wildman–Crippen MR) is 121 cm³/mol. The van der Waals surface area contributed by atoms with Gasteiger partial charge in [0.2, 0.25) is 6.04 Å². The van der Waals surface area contributed by atoms with E-state index in [1.807, 2.05) is 0 Å². The lowest BCUT2D eigenvalue weighted by Crippen LogP contribution is -2.19. The molecule has 0 heterocycles. The summed E-state index contributed by atoms with van der Waals surface area (Å²) in [6, 6.07) is -0.572. The van der Waals surface area contributed by atoms with Crippen LogP contribution in [0.1, 0.15) is 129 Å². The standard InChI is InChI=1S/C24H45NO4/c1-2-3-4-5-6-7-8-9-10-11-12-13-14-15-16-17-18-20-23(25(28)29)21-19-22-24(26)27/h9-10,23H,2-8,11-22H2,1H3,(H,26,27). The van der Waals surface area contributed by atoms with Crippen molar-refractivity contribution < 1.29 is 14.8 Å². The first kappa shape index (κ1) is 27.6. The number of carboxylic acids is 1. The highest BCUT2D eigenvalue weighted by Gasteiger charge is 2.19. The number of nitrogens with zero attached hydrogens (tertiary/aromatic N) is 1. The molecule has 0 rings (SSSR count). The van der Waals surface area contributed by atoms with E-state index in [0.717, 1.165) is 19.3 Å². The average molecular weight is 412 g/mol. The molecule has 0 aromatic heterocycles. The number of unbranched alkanes of at least 4 members (excludes halogenated alkanes) is 13. The summed E-state index contributed by atoms with van der Waals surface area (Å²) in [5.41, 5.74) is 0. The van der Waals surface area contributed by atoms with E-state index in [-0.39, 0.29) is 11.3 Å². The van der Waals surface area contributed by atoms with Crippen molar-refractivity contribution in [2.24, 2.45) is 0 Å². The van der Waals surface area contributed by atoms with E-state index >= 15 is 0 Å². The zero-order valence-corrected chi connectivity index (χ0v) is 18.8. The molecule has 0 saturated heterocycles. The Balaban J connectivity index is 3.40. The van der Waals surface area contributed by atoms with E-state index in [0.29, 0.717) is 19.3 Å². The Labute approximate surface area is 178 Å². The summed E-state index contributed by atoms with van der Waals surface area (Å²) in [5, 5.41) is 19.7. The third-order valence-corrected chi connectivity index (χ3v) is 5.53. The van der Waals surface area contributed by atoms with Crippen molar-refractivity contribution in [2.45, 2.75) is 135 Å². The van der Waals surface area contributed by atoms with E-state index in [9.17, 15) is 14.9 Å². The Morgan fingerprint density at radius 3 is 1.72 bits per heavy atom. The van der Waals surface area contributed by atoms with Gasteiger partial charge in [-0.05, 0) is 38.5 Å². The highest BCUT2D eigenvalue weighted by atomic mass is 16.6. The fourth-order valence-electron chi connectivity index (χ4n) is 3.65. The summed E-state index contributed by atoms with van der Waals surface area (Å²) < 4.78 is 0. The lowest BCUT2D eigenvalue weighted by molar-refractivity contribution is -0.524. The van der Waals surface area contributed by atoms with Crippen LogP contribution in [-0.2, 0) is 4.79 Å². The molecule has 0 radical (unpaired) electrons. The van der Waals surface area contributed by atoms with Crippen LogP contribution in [0.4, 0.5) is 0 Å². The minimum Gasteiger partial charge on any atom is -0.481 e. The molecule has 0 aromatic rings. The first-order valence-electron chi connectivity index (χ1n) is 12.1. The third-order valence-electron chi connectivity index (χ3n) is 5.53. The molecule has 0 aromatic carbocycles. The molecule has 1 N–H and O–H groups in total. The van der Waals surface area contributed by atoms with Gasteiger partial charge >= 0.3 is 5.97 Å². The largest absolute Gasteiger partial charge is 0.481 e. The molecule has 0 aliphatic rings. The van der Waals surface area contributed by atoms with Gasteiger partial charge in [0.25, 0.3) is 0 Å². The van der Waals surface area contributed by atoms with E-state index in [2.05, 4.69) is 19.1 Å². The highest BCUT2D eigenvalue weighted by molar-refractivity contribution is 5.66. The van der Waals surface area contributed by atoms with E-state index < -0.39 is 12.0 Å². The van der Waals surface area contributed by atoms with Crippen molar-refractivity contribution in [3.8, 4) is 0 Å². The topological polar surface area (TPSA) is 80.4 Å². The molecule has 0 bridgehead atoms. The molecule has 1 unspecified atom stereocenters. The Bertz CT molecular complexity index is 423. The van der Waals surface area contributed by atoms with Crippen LogP contribution >= 0.6 is 0 Å². The average Bonchev–Trinajstić information content (AvgIpc) is 2.68. The van der Waals surface area contributed by atoms with E-state index in [4.69, 9.17) is 5.11 Å². The Morgan fingerprint density at radius 2 is 1.24 bits per heavy atom. The Morgan fingerprint density at radius 1 is 0.793 bits per heavy atom. The van der Waals surface area contributed by atoms with Crippen molar-refractivity contribution in [2.75, 3.05) is 0 Å². The van der Waals surface area contributed by atoms with Gasteiger partial charge in [-0.25, -0.2) is 0 Å². The SMILES string of the molecule is CCCCCCCCC=CCCCCCCCCCC(CCCC(=O)O)[N+](=O)[O-]. The van der Waals surface area contributed by atoms with Gasteiger partial charge in [-0.2, -0.15) is 0 Å². The summed E-state index contributed by atoms with van der Waals surface area (Å²) in [7, 11) is 0. The molecule has 170 valence electrons. The maximum absolute atomic E-state index is 11.0. The minimum absolute atomic E-state index is 0.0264. The van der Waals surface area contributed by atoms with Gasteiger partial charge in [-0.3, -0.25) is 14.9 Å². The summed E-state index contributed by atoms with van der Waals surface area (Å²) in [5.74, 6) is -0.875. The van der Waals surface area contributed by atoms with Crippen LogP contribution in [0.5, 0.6) is 0 Å². The molecular formula is C24H45NO4. The highest BCUT2D eigenvalue weighted by Crippen LogP contribution is 2.15. The summed E-state index contributed by atoms with van der Waals surface area (Å²) >= 11 is 0. The number of carboxylic acid groups (broad SMARTS) is 1. The number of allylic oxidation sites excluding steroid dienone is 2. The lowest BCUT2D eigenvalue weighted by Gasteiger charge is -2.08. The second-order valence-corrected chi connectivity index (χ2v) is 8.31. The summed E-state index contributed by atoms with van der Waals surface area (Å²) in [6.07, 6.45) is 24.7. The predicted octanol–water partition coefficient (Wildman–Crippen LogP) is 7.70. The molecule has 5 nitrogen and oxygen atoms in total. The fraction of sp³-hybridized carbons (Fsp3) is 0.875. The van der Waals surface area contributed by atoms with Crippen LogP contribution in [-0.4, -0.2) is 22.0 Å². The minimum atomic E-state index is -0.875. The molecule has 0 spiro atoms. The van der Waals surface area contributed by atoms with Crippen molar-refractivity contribution in [3.05, 3.63) is 22.3 Å². The van der Waals surface area contributed by atoms with Gasteiger partial charge in [0.1, 0.15) is 0 Å². The first-order valence-corrected chi connectivity index (χ1v) is 12.1. The maximum atomic E-state index is 11.0. The maximum Gasteiger partial charge on any atom is 0.303 e. The number of aliphatic carboxylic acids is 1. The van der Waals surface area contributed by atoms with Crippen LogP contribution in [0.15, 0.2) is 12.2 Å². The first-order chi connectivity index (χ1) is 14.1. The summed E-state index contributed by atoms with van der Waals surface area (Å²) in [4.78, 5) is 21.3. The molecule has 0 fully saturated rings. The van der Waals surface area contributed by atoms with Crippen molar-refractivity contribution in [3.63, 3.8) is 0 Å². The third kappa shape index (κ3) is 21.1. The summed E-state index contributed by atoms with van der Waals surface area (Å²) in [6.45, 7) is 2.26. The van der Waals surface area contributed by atoms with E-state index in [1.165, 1.54) is 77.0 Å². The van der Waals surface area contributed by atoms with Gasteiger partial charge in [-0.1, -0.05) is 83.3 Å². The second-order valence-electron chi connectivity index (χ2n) is 8.31. The van der Waals surface area contributed by atoms with Gasteiger partial charge in [0.05, 0.1) is 0 Å². The number of rotatable bonds is 22. The van der Waals surface area contributed by atoms with Crippen LogP contribution in [0.3, 0.4) is 0 Å². The zero-order chi connectivity index (χ0) is 21.6. The normalized spacial score (nSPS) is 12.4. The zero-order valence-electron chi connectivity index (χ0n) is 18.8. The molecule has 5 heteroatoms. The van der Waals surface area contributed by atoms with Crippen molar-refractivity contribution in [1.82, 2.24) is 0 Å². The number of hydrogen-bond acceptors (Lipinski definition) is 3. The lowest BCUT2D eigenvalue weighted by atomic mass is 10.0. The molecule has 1 atom stereocenters. The Kier molecular flexibility index (Phi) is 20.3. The molecule has 0 aliphatic heterocycles. The Hall–Kier alpha value is -1.39. The van der Waals surface area contributed by atoms with Crippen molar-refractivity contribution >= 4 is 5.97 Å². The quantitative estimate of drug-likeness (QED) is 0.0856. The monoisotopic (exact) mass is 411 g/mol. The number of carbonyl (C=O) groups is 1. The second kappa shape index (κ2) is 21.3. The molecule has 0 saturated carbocycles. The van der Waals surface area contributed by atoms with Gasteiger partial charge in [-0.15, -0.1) is 0 Å². The molecule has 0 aliphatic carbocycles. The van der Waals surface area contributed by atoms with Crippen LogP contribution in [0, 0.1) is 10.1 Å². The molecule has 0 amide bonds. The van der Waals surface area contributed by atoms with Crippen LogP contribution in [0.25, 0.3) is 0 Å². The molecular weight excluding hydrogens is 366 g/mol. The fourth-order valence-corrected chi connectivity index (χ4v) is 3.65. The van der Waals surface area contributed by atoms with Crippen LogP contribution < -0.4 is 0 Å². The molecule has 29 heavy (non-hydrogen) atoms. The van der Waals surface area contributed by atoms with Gasteiger partial charge < -0.3 is 5.11 Å².